The molecule has 10 N–H and O–H groups in total. The minimum absolute atomic E-state index is 0.0252. The third-order valence-corrected chi connectivity index (χ3v) is 25.5. The summed E-state index contributed by atoms with van der Waals surface area (Å²) in [6.45, 7) is 11.3. The zero-order valence-electron chi connectivity index (χ0n) is 59.5. The first kappa shape index (κ1) is 75.3. The van der Waals surface area contributed by atoms with E-state index in [0.717, 1.165) is 106 Å². The summed E-state index contributed by atoms with van der Waals surface area (Å²) in [5.41, 5.74) is 21.8. The lowest BCUT2D eigenvalue weighted by molar-refractivity contribution is -0.0693. The molecule has 6 aromatic rings. The molecule has 0 spiro atoms. The molecule has 3 saturated heterocycles. The number of allylic oxidation sites excluding steroid dienone is 1. The smallest absolute Gasteiger partial charge is 0.434 e. The first-order valence-corrected chi connectivity index (χ1v) is 40.0. The van der Waals surface area contributed by atoms with E-state index in [9.17, 15) is 33.9 Å². The number of hydrogen-bond acceptors (Lipinski definition) is 27. The Balaban J connectivity index is 0.552. The molecule has 566 valence electrons. The van der Waals surface area contributed by atoms with Crippen LogP contribution in [0, 0.1) is 46.3 Å². The third-order valence-electron chi connectivity index (χ3n) is 23.5. The second-order valence-corrected chi connectivity index (χ2v) is 33.3. The Labute approximate surface area is 598 Å². The molecule has 0 radical (unpaired) electrons. The summed E-state index contributed by atoms with van der Waals surface area (Å²) in [6, 6.07) is 0. The predicted octanol–water partition coefficient (Wildman–Crippen LogP) is 10.5. The van der Waals surface area contributed by atoms with E-state index in [2.05, 4.69) is 85.6 Å². The van der Waals surface area contributed by atoms with Crippen LogP contribution in [-0.2, 0) is 55.6 Å². The largest absolute Gasteiger partial charge is 0.508 e. The molecule has 34 heteroatoms. The van der Waals surface area contributed by atoms with Gasteiger partial charge in [0, 0.05) is 25.9 Å². The molecule has 4 aliphatic carbocycles. The van der Waals surface area contributed by atoms with Crippen LogP contribution >= 0.6 is 15.6 Å². The SMILES string of the molecule is CC(C)CCC[C@@H](C)[C@H]1CC[C@H]2[C@@H]3CC=C4C[C@@H](OC(=O)OCCCCCCCCCCCO[C@H]5[C@@H](O)[C@H](n6cnc7c(N)ncnc76)O[C@@H]5COP(=O)(O)O[C@@H]5C[C@@H](COP(=O)(O)O[C@@H]6C[C@@H](CO)O[C@H]6n6cnc7c(N)ncnc76)O[C@H]5n5cnc6c(N)ncnc65)CC[C@]4(C)[C@H]3CC[C@]12C. The van der Waals surface area contributed by atoms with E-state index in [1.54, 1.807) is 0 Å². The van der Waals surface area contributed by atoms with Gasteiger partial charge in [0.25, 0.3) is 0 Å². The lowest BCUT2D eigenvalue weighted by atomic mass is 9.47. The average Bonchev–Trinajstić information content (AvgIpc) is 1.66. The van der Waals surface area contributed by atoms with Crippen LogP contribution in [0.25, 0.3) is 33.5 Å². The van der Waals surface area contributed by atoms with Crippen LogP contribution < -0.4 is 17.2 Å². The summed E-state index contributed by atoms with van der Waals surface area (Å²) in [4.78, 5) is 73.5. The minimum Gasteiger partial charge on any atom is -0.434 e. The fraction of sp³-hybridized carbons (Fsp3) is 0.739. The number of phosphoric ester groups is 2. The summed E-state index contributed by atoms with van der Waals surface area (Å²) in [6.07, 6.45) is 19.6. The van der Waals surface area contributed by atoms with Gasteiger partial charge in [-0.15, -0.1) is 0 Å². The van der Waals surface area contributed by atoms with E-state index in [1.165, 1.54) is 109 Å². The number of carbonyl (C=O) groups excluding carboxylic acids is 1. The maximum Gasteiger partial charge on any atom is 0.508 e. The Kier molecular flexibility index (Phi) is 23.6. The molecule has 9 heterocycles. The van der Waals surface area contributed by atoms with Gasteiger partial charge < -0.3 is 65.6 Å². The van der Waals surface area contributed by atoms with Crippen molar-refractivity contribution < 1.29 is 80.4 Å². The number of hydrogen-bond donors (Lipinski definition) is 7. The van der Waals surface area contributed by atoms with Gasteiger partial charge in [-0.2, -0.15) is 0 Å². The second kappa shape index (κ2) is 32.2. The van der Waals surface area contributed by atoms with Gasteiger partial charge >= 0.3 is 21.8 Å². The highest BCUT2D eigenvalue weighted by Gasteiger charge is 2.60. The number of nitrogen functional groups attached to an aromatic ring is 3. The van der Waals surface area contributed by atoms with E-state index >= 15 is 0 Å². The number of ether oxygens (including phenoxy) is 6. The summed E-state index contributed by atoms with van der Waals surface area (Å²) in [7, 11) is -10.1. The molecular formula is C69H103N15O17P2. The second-order valence-electron chi connectivity index (χ2n) is 30.5. The molecule has 103 heavy (non-hydrogen) atoms. The fourth-order valence-corrected chi connectivity index (χ4v) is 20.2. The van der Waals surface area contributed by atoms with Crippen LogP contribution in [0.2, 0.25) is 0 Å². The number of fused-ring (bicyclic) bond motifs is 8. The van der Waals surface area contributed by atoms with Crippen molar-refractivity contribution >= 4 is 72.7 Å². The molecule has 6 fully saturated rings. The monoisotopic (exact) mass is 1480 g/mol. The van der Waals surface area contributed by atoms with Crippen LogP contribution in [0.4, 0.5) is 22.2 Å². The zero-order valence-corrected chi connectivity index (χ0v) is 61.3. The quantitative estimate of drug-likeness (QED) is 0.00871. The summed E-state index contributed by atoms with van der Waals surface area (Å²) in [5, 5.41) is 21.9. The van der Waals surface area contributed by atoms with Gasteiger partial charge in [0.15, 0.2) is 53.1 Å². The maximum atomic E-state index is 14.2. The Morgan fingerprint density at radius 2 is 1.18 bits per heavy atom. The van der Waals surface area contributed by atoms with Crippen molar-refractivity contribution in [2.75, 3.05) is 50.2 Å². The molecule has 2 unspecified atom stereocenters. The van der Waals surface area contributed by atoms with Gasteiger partial charge in [0.05, 0.1) is 57.6 Å². The van der Waals surface area contributed by atoms with E-state index < -0.39 is 103 Å². The standard InChI is InChI=1S/C69H103N15O17P2/c1-40(2)16-15-17-41(3)47-20-21-48-46-19-18-42-28-43(22-24-68(42,4)49(46)23-25-69(47,48)5)98-67(87)93-27-14-12-10-8-6-7-9-11-13-26-92-57-52(99-66(56(57)86)84-39-81-55-60(72)75-36-78-63(55)84)33-95-103(90,91)101-51-30-45(97-65(51)83-38-80-54-59(71)74-35-77-62(54)83)32-94-102(88,89)100-50-29-44(31-85)96-64(50)82-37-79-53-58(70)73-34-76-61(53)82/h18,34-41,43-52,56-57,64-66,85-86H,6-17,19-33H2,1-5H3,(H,88,89)(H,90,91)(H2,70,73,76)(H2,71,74,77)(H2,72,75,78)/t41-,43+,44+,45+,46+,47-,48+,49+,50-,51-,52-,56-,57-,64-,65-,66-,68+,69-/m1/s1. The van der Waals surface area contributed by atoms with E-state index in [1.807, 2.05) is 0 Å². The number of aliphatic hydroxyl groups is 2. The predicted molar refractivity (Wildman–Crippen MR) is 375 cm³/mol. The van der Waals surface area contributed by atoms with Gasteiger partial charge in [-0.05, 0) is 104 Å². The number of rotatable bonds is 33. The number of nitrogens with zero attached hydrogens (tertiary/aromatic N) is 12. The Morgan fingerprint density at radius 3 is 1.77 bits per heavy atom. The highest BCUT2D eigenvalue weighted by molar-refractivity contribution is 7.47. The van der Waals surface area contributed by atoms with Crippen molar-refractivity contribution in [3.63, 3.8) is 0 Å². The molecule has 0 bridgehead atoms. The summed E-state index contributed by atoms with van der Waals surface area (Å²) < 4.78 is 91.6. The Bertz CT molecular complexity index is 4020. The number of phosphoric acid groups is 2. The molecule has 7 aliphatic rings. The minimum atomic E-state index is -5.12. The molecule has 0 amide bonds. The number of unbranched alkanes of at least 4 members (excludes halogenated alkanes) is 8. The highest BCUT2D eigenvalue weighted by Crippen LogP contribution is 2.68. The number of aromatic nitrogens is 12. The molecule has 3 aliphatic heterocycles. The number of nitrogens with two attached hydrogens (primary N) is 3. The van der Waals surface area contributed by atoms with Crippen molar-refractivity contribution in [1.29, 1.82) is 0 Å². The Morgan fingerprint density at radius 1 is 0.641 bits per heavy atom. The molecular weight excluding hydrogens is 1370 g/mol. The van der Waals surface area contributed by atoms with Gasteiger partial charge in [-0.1, -0.05) is 110 Å². The number of imidazole rings is 3. The van der Waals surface area contributed by atoms with E-state index in [4.69, 9.17) is 63.7 Å². The lowest BCUT2D eigenvalue weighted by Crippen LogP contribution is -2.51. The van der Waals surface area contributed by atoms with Crippen molar-refractivity contribution in [3.05, 3.63) is 49.6 Å². The number of aliphatic hydroxyl groups excluding tert-OH is 2. The summed E-state index contributed by atoms with van der Waals surface area (Å²) in [5.74, 6) is 4.96. The molecule has 3 saturated carbocycles. The van der Waals surface area contributed by atoms with Crippen LogP contribution in [0.3, 0.4) is 0 Å². The fourth-order valence-electron chi connectivity index (χ4n) is 18.3. The molecule has 0 aromatic carbocycles. The highest BCUT2D eigenvalue weighted by atomic mass is 31.2. The van der Waals surface area contributed by atoms with Crippen LogP contribution in [-0.4, -0.2) is 167 Å². The number of carbonyl (C=O) groups is 1. The first-order chi connectivity index (χ1) is 49.5. The lowest BCUT2D eigenvalue weighted by Gasteiger charge is -2.58. The topological polar surface area (TPSA) is 433 Å². The van der Waals surface area contributed by atoms with Gasteiger partial charge in [-0.25, -0.2) is 58.8 Å². The third kappa shape index (κ3) is 16.5. The zero-order chi connectivity index (χ0) is 72.4. The average molecular weight is 1480 g/mol. The van der Waals surface area contributed by atoms with Crippen LogP contribution in [0.1, 0.15) is 195 Å². The van der Waals surface area contributed by atoms with Gasteiger partial charge in [-0.3, -0.25) is 31.8 Å². The van der Waals surface area contributed by atoms with E-state index in [0.29, 0.717) is 18.4 Å². The molecule has 32 nitrogen and oxygen atoms in total. The number of anilines is 3. The van der Waals surface area contributed by atoms with Crippen molar-refractivity contribution in [1.82, 2.24) is 58.6 Å². The van der Waals surface area contributed by atoms with Crippen molar-refractivity contribution in [2.24, 2.45) is 46.3 Å². The van der Waals surface area contributed by atoms with Crippen molar-refractivity contribution in [2.45, 2.75) is 243 Å². The molecule has 20 atom stereocenters. The summed E-state index contributed by atoms with van der Waals surface area (Å²) >= 11 is 0. The van der Waals surface area contributed by atoms with Crippen LogP contribution in [0.15, 0.2) is 49.6 Å². The Hall–Kier alpha value is -5.96. The van der Waals surface area contributed by atoms with Crippen LogP contribution in [0.5, 0.6) is 0 Å². The normalized spacial score (nSPS) is 32.2. The molecule has 6 aromatic heterocycles. The van der Waals surface area contributed by atoms with E-state index in [-0.39, 0.29) is 81.9 Å². The molecule has 13 rings (SSSR count). The van der Waals surface area contributed by atoms with Crippen molar-refractivity contribution in [3.8, 4) is 0 Å². The van der Waals surface area contributed by atoms with Gasteiger partial charge in [0.2, 0.25) is 0 Å². The maximum absolute atomic E-state index is 14.2. The first-order valence-electron chi connectivity index (χ1n) is 37.0. The van der Waals surface area contributed by atoms with Gasteiger partial charge in [0.1, 0.15) is 72.2 Å².